The van der Waals surface area contributed by atoms with E-state index < -0.39 is 10.0 Å². The average molecular weight is 410 g/mol. The van der Waals surface area contributed by atoms with Gasteiger partial charge < -0.3 is 4.57 Å². The summed E-state index contributed by atoms with van der Waals surface area (Å²) < 4.78 is 29.8. The Morgan fingerprint density at radius 3 is 2.55 bits per heavy atom. The van der Waals surface area contributed by atoms with Gasteiger partial charge in [0.05, 0.1) is 4.90 Å². The van der Waals surface area contributed by atoms with Crippen LogP contribution in [0, 0.1) is 0 Å². The lowest BCUT2D eigenvalue weighted by atomic mass is 10.0. The Morgan fingerprint density at radius 2 is 1.90 bits per heavy atom. The van der Waals surface area contributed by atoms with Gasteiger partial charge in [-0.05, 0) is 55.2 Å². The Bertz CT molecular complexity index is 1140. The van der Waals surface area contributed by atoms with Gasteiger partial charge in [-0.25, -0.2) is 13.4 Å². The van der Waals surface area contributed by atoms with Crippen molar-refractivity contribution in [3.63, 3.8) is 0 Å². The van der Waals surface area contributed by atoms with Crippen LogP contribution in [0.2, 0.25) is 0 Å². The Hall–Kier alpha value is -2.44. The van der Waals surface area contributed by atoms with Crippen molar-refractivity contribution in [2.75, 3.05) is 13.1 Å². The van der Waals surface area contributed by atoms with Crippen molar-refractivity contribution in [2.45, 2.75) is 44.6 Å². The second kappa shape index (κ2) is 8.13. The van der Waals surface area contributed by atoms with E-state index >= 15 is 0 Å². The zero-order valence-electron chi connectivity index (χ0n) is 17.0. The predicted molar refractivity (Wildman–Crippen MR) is 117 cm³/mol. The highest BCUT2D eigenvalue weighted by molar-refractivity contribution is 7.89. The highest BCUT2D eigenvalue weighted by atomic mass is 32.2. The fourth-order valence-electron chi connectivity index (χ4n) is 4.00. The number of benzene rings is 1. The monoisotopic (exact) mass is 409 g/mol. The molecule has 0 atom stereocenters. The van der Waals surface area contributed by atoms with Gasteiger partial charge in [-0.15, -0.1) is 0 Å². The van der Waals surface area contributed by atoms with Crippen LogP contribution >= 0.6 is 0 Å². The molecule has 6 heteroatoms. The number of hydrogen-bond donors (Lipinski definition) is 0. The van der Waals surface area contributed by atoms with Gasteiger partial charge in [0, 0.05) is 43.0 Å². The third kappa shape index (κ3) is 3.74. The first-order chi connectivity index (χ1) is 14.0. The number of pyridine rings is 1. The number of aryl methyl sites for hydroxylation is 2. The number of fused-ring (bicyclic) bond motifs is 1. The quantitative estimate of drug-likeness (QED) is 0.603. The van der Waals surface area contributed by atoms with Crippen LogP contribution in [-0.4, -0.2) is 35.4 Å². The molecule has 4 rings (SSSR count). The van der Waals surface area contributed by atoms with Gasteiger partial charge in [-0.1, -0.05) is 31.6 Å². The molecule has 0 fully saturated rings. The van der Waals surface area contributed by atoms with E-state index in [2.05, 4.69) is 35.7 Å². The highest BCUT2D eigenvalue weighted by Gasteiger charge is 2.27. The summed E-state index contributed by atoms with van der Waals surface area (Å²) in [6.07, 6.45) is 8.72. The van der Waals surface area contributed by atoms with Crippen molar-refractivity contribution in [3.8, 4) is 0 Å². The minimum absolute atomic E-state index is 0.376. The van der Waals surface area contributed by atoms with Crippen LogP contribution in [-0.2, 0) is 23.0 Å². The maximum atomic E-state index is 13.0. The van der Waals surface area contributed by atoms with Gasteiger partial charge in [0.25, 0.3) is 0 Å². The van der Waals surface area contributed by atoms with E-state index in [-0.39, 0.29) is 0 Å². The summed E-state index contributed by atoms with van der Waals surface area (Å²) in [7, 11) is -3.47. The lowest BCUT2D eigenvalue weighted by molar-refractivity contribution is 0.441. The van der Waals surface area contributed by atoms with Crippen molar-refractivity contribution in [1.29, 1.82) is 0 Å². The maximum absolute atomic E-state index is 13.0. The molecule has 29 heavy (non-hydrogen) atoms. The second-order valence-corrected chi connectivity index (χ2v) is 9.38. The summed E-state index contributed by atoms with van der Waals surface area (Å²) >= 11 is 0. The van der Waals surface area contributed by atoms with E-state index in [1.54, 1.807) is 16.4 Å². The number of sulfonamides is 1. The minimum Gasteiger partial charge on any atom is -0.332 e. The van der Waals surface area contributed by atoms with Gasteiger partial charge in [0.2, 0.25) is 10.0 Å². The smallest absolute Gasteiger partial charge is 0.243 e. The van der Waals surface area contributed by atoms with E-state index in [0.29, 0.717) is 24.4 Å². The summed E-state index contributed by atoms with van der Waals surface area (Å²) in [6, 6.07) is 11.4. The first-order valence-electron chi connectivity index (χ1n) is 10.3. The molecular weight excluding hydrogens is 382 g/mol. The minimum atomic E-state index is -3.47. The largest absolute Gasteiger partial charge is 0.332 e. The van der Waals surface area contributed by atoms with E-state index in [0.717, 1.165) is 36.0 Å². The average Bonchev–Trinajstić information content (AvgIpc) is 3.13. The Morgan fingerprint density at radius 1 is 1.10 bits per heavy atom. The van der Waals surface area contributed by atoms with Gasteiger partial charge >= 0.3 is 0 Å². The zero-order chi connectivity index (χ0) is 20.4. The Labute approximate surface area is 172 Å². The van der Waals surface area contributed by atoms with Crippen molar-refractivity contribution in [1.82, 2.24) is 13.9 Å². The molecule has 152 valence electrons. The number of rotatable bonds is 6. The van der Waals surface area contributed by atoms with Crippen molar-refractivity contribution >= 4 is 26.6 Å². The molecule has 1 aromatic carbocycles. The van der Waals surface area contributed by atoms with Crippen LogP contribution in [0.1, 0.15) is 37.8 Å². The van der Waals surface area contributed by atoms with E-state index in [4.69, 9.17) is 0 Å². The van der Waals surface area contributed by atoms with Crippen molar-refractivity contribution in [3.05, 3.63) is 66.0 Å². The van der Waals surface area contributed by atoms with Crippen LogP contribution in [0.15, 0.2) is 59.8 Å². The van der Waals surface area contributed by atoms with Crippen LogP contribution < -0.4 is 0 Å². The summed E-state index contributed by atoms with van der Waals surface area (Å²) in [6.45, 7) is 5.97. The second-order valence-electron chi connectivity index (χ2n) is 7.44. The zero-order valence-corrected chi connectivity index (χ0v) is 17.8. The molecule has 0 saturated carbocycles. The number of hydrogen-bond acceptors (Lipinski definition) is 3. The predicted octanol–water partition coefficient (Wildman–Crippen LogP) is 4.49. The molecule has 0 unspecified atom stereocenters. The molecule has 0 bridgehead atoms. The van der Waals surface area contributed by atoms with Crippen LogP contribution in [0.3, 0.4) is 0 Å². The summed E-state index contributed by atoms with van der Waals surface area (Å²) in [5.74, 6) is 0. The summed E-state index contributed by atoms with van der Waals surface area (Å²) in [5.41, 5.74) is 4.51. The van der Waals surface area contributed by atoms with Crippen molar-refractivity contribution < 1.29 is 8.42 Å². The van der Waals surface area contributed by atoms with E-state index in [1.807, 2.05) is 30.5 Å². The molecule has 0 amide bonds. The molecule has 0 aliphatic carbocycles. The molecule has 5 nitrogen and oxygen atoms in total. The fourth-order valence-corrected chi connectivity index (χ4v) is 5.38. The van der Waals surface area contributed by atoms with Crippen molar-refractivity contribution in [2.24, 2.45) is 0 Å². The normalized spacial score (nSPS) is 15.6. The summed E-state index contributed by atoms with van der Waals surface area (Å²) in [5, 5.41) is 1.13. The maximum Gasteiger partial charge on any atom is 0.243 e. The molecule has 2 aromatic heterocycles. The lowest BCUT2D eigenvalue weighted by Gasteiger charge is -2.26. The molecule has 3 aromatic rings. The lowest BCUT2D eigenvalue weighted by Crippen LogP contribution is -2.34. The fraction of sp³-hybridized carbons (Fsp3) is 0.348. The molecule has 0 saturated heterocycles. The molecule has 0 radical (unpaired) electrons. The Balaban J connectivity index is 1.58. The Kier molecular flexibility index (Phi) is 5.56. The standard InChI is InChI=1S/C23H27N3O2S/c1-3-6-18-8-10-20(11-9-18)29(27,28)26-15-12-19(13-16-26)22-17-25(4-2)23-21(22)7-5-14-24-23/h5,7-12,14,17H,3-4,6,13,15-16H2,1-2H3. The van der Waals surface area contributed by atoms with Gasteiger partial charge in [-0.2, -0.15) is 4.31 Å². The molecule has 0 N–H and O–H groups in total. The molecule has 1 aliphatic rings. The summed E-state index contributed by atoms with van der Waals surface area (Å²) in [4.78, 5) is 4.89. The van der Waals surface area contributed by atoms with E-state index in [9.17, 15) is 8.42 Å². The number of nitrogens with zero attached hydrogens (tertiary/aromatic N) is 3. The molecule has 0 spiro atoms. The number of aromatic nitrogens is 2. The van der Waals surface area contributed by atoms with Gasteiger partial charge in [0.15, 0.2) is 0 Å². The van der Waals surface area contributed by atoms with E-state index in [1.165, 1.54) is 11.1 Å². The molecule has 1 aliphatic heterocycles. The third-order valence-corrected chi connectivity index (χ3v) is 7.47. The molecule has 3 heterocycles. The third-order valence-electron chi connectivity index (χ3n) is 5.59. The van der Waals surface area contributed by atoms with Crippen LogP contribution in [0.5, 0.6) is 0 Å². The highest BCUT2D eigenvalue weighted by Crippen LogP contribution is 2.31. The first-order valence-corrected chi connectivity index (χ1v) is 11.7. The molecular formula is C23H27N3O2S. The van der Waals surface area contributed by atoms with Gasteiger partial charge in [0.1, 0.15) is 5.65 Å². The van der Waals surface area contributed by atoms with Crippen LogP contribution in [0.25, 0.3) is 16.6 Å². The topological polar surface area (TPSA) is 55.2 Å². The van der Waals surface area contributed by atoms with Crippen LogP contribution in [0.4, 0.5) is 0 Å². The SMILES string of the molecule is CCCc1ccc(S(=O)(=O)N2CC=C(c3cn(CC)c4ncccc34)CC2)cc1. The first kappa shape index (κ1) is 19.9. The van der Waals surface area contributed by atoms with Gasteiger partial charge in [-0.3, -0.25) is 0 Å².